The number of halogens is 1. The van der Waals surface area contributed by atoms with Gasteiger partial charge in [-0.15, -0.1) is 22.9 Å². The summed E-state index contributed by atoms with van der Waals surface area (Å²) in [5, 5.41) is 2.80. The normalized spacial score (nSPS) is 10.3. The molecule has 2 rings (SSSR count). The van der Waals surface area contributed by atoms with E-state index in [9.17, 15) is 0 Å². The highest BCUT2D eigenvalue weighted by Crippen LogP contribution is 2.24. The van der Waals surface area contributed by atoms with E-state index >= 15 is 0 Å². The molecule has 2 aromatic heterocycles. The summed E-state index contributed by atoms with van der Waals surface area (Å²) in [5.41, 5.74) is 1.69. The molecule has 0 aliphatic heterocycles. The lowest BCUT2D eigenvalue weighted by atomic mass is 10.3. The Morgan fingerprint density at radius 1 is 1.40 bits per heavy atom. The minimum atomic E-state index is 0.431. The SMILES string of the molecule is COc1cccc(-c2nc(CCl)cs2)n1. The first-order valence-electron chi connectivity index (χ1n) is 4.35. The Labute approximate surface area is 96.7 Å². The van der Waals surface area contributed by atoms with Gasteiger partial charge in [0.2, 0.25) is 5.88 Å². The van der Waals surface area contributed by atoms with Crippen LogP contribution in [0.2, 0.25) is 0 Å². The van der Waals surface area contributed by atoms with Gasteiger partial charge < -0.3 is 4.74 Å². The number of pyridine rings is 1. The lowest BCUT2D eigenvalue weighted by Crippen LogP contribution is -1.89. The molecule has 0 saturated heterocycles. The fraction of sp³-hybridized carbons (Fsp3) is 0.200. The Bertz CT molecular complexity index is 458. The van der Waals surface area contributed by atoms with Crippen LogP contribution in [0, 0.1) is 0 Å². The highest BCUT2D eigenvalue weighted by atomic mass is 35.5. The summed E-state index contributed by atoms with van der Waals surface area (Å²) in [5.74, 6) is 1.02. The van der Waals surface area contributed by atoms with Crippen molar-refractivity contribution in [2.45, 2.75) is 5.88 Å². The van der Waals surface area contributed by atoms with Crippen LogP contribution in [0.5, 0.6) is 5.88 Å². The standard InChI is InChI=1S/C10H9ClN2OS/c1-14-9-4-2-3-8(13-9)10-12-7(5-11)6-15-10/h2-4,6H,5H2,1H3. The predicted molar refractivity (Wildman–Crippen MR) is 61.5 cm³/mol. The molecule has 15 heavy (non-hydrogen) atoms. The summed E-state index contributed by atoms with van der Waals surface area (Å²) in [7, 11) is 1.60. The number of hydrogen-bond donors (Lipinski definition) is 0. The van der Waals surface area contributed by atoms with Gasteiger partial charge in [-0.2, -0.15) is 0 Å². The monoisotopic (exact) mass is 240 g/mol. The Kier molecular flexibility index (Phi) is 3.18. The number of aromatic nitrogens is 2. The van der Waals surface area contributed by atoms with Gasteiger partial charge in [-0.1, -0.05) is 6.07 Å². The maximum Gasteiger partial charge on any atom is 0.213 e. The van der Waals surface area contributed by atoms with Crippen LogP contribution in [0.1, 0.15) is 5.69 Å². The highest BCUT2D eigenvalue weighted by Gasteiger charge is 2.06. The fourth-order valence-electron chi connectivity index (χ4n) is 1.13. The van der Waals surface area contributed by atoms with E-state index in [2.05, 4.69) is 9.97 Å². The van der Waals surface area contributed by atoms with E-state index in [1.165, 1.54) is 11.3 Å². The molecule has 2 aromatic rings. The van der Waals surface area contributed by atoms with Gasteiger partial charge in [0, 0.05) is 11.4 Å². The minimum Gasteiger partial charge on any atom is -0.481 e. The average molecular weight is 241 g/mol. The number of alkyl halides is 1. The van der Waals surface area contributed by atoms with Crippen LogP contribution in [0.15, 0.2) is 23.6 Å². The number of hydrogen-bond acceptors (Lipinski definition) is 4. The van der Waals surface area contributed by atoms with Crippen molar-refractivity contribution in [1.82, 2.24) is 9.97 Å². The van der Waals surface area contributed by atoms with Crippen molar-refractivity contribution in [3.05, 3.63) is 29.3 Å². The summed E-state index contributed by atoms with van der Waals surface area (Å²) >= 11 is 7.22. The molecular formula is C10H9ClN2OS. The molecule has 0 aliphatic carbocycles. The number of nitrogens with zero attached hydrogens (tertiary/aromatic N) is 2. The summed E-state index contributed by atoms with van der Waals surface area (Å²) in [6, 6.07) is 5.60. The van der Waals surface area contributed by atoms with Crippen molar-refractivity contribution in [3.8, 4) is 16.6 Å². The second-order valence-corrected chi connectivity index (χ2v) is 3.97. The molecule has 0 N–H and O–H groups in total. The number of rotatable bonds is 3. The van der Waals surface area contributed by atoms with E-state index in [1.807, 2.05) is 17.5 Å². The number of thiazole rings is 1. The average Bonchev–Trinajstić information content (AvgIpc) is 2.78. The molecule has 0 aromatic carbocycles. The number of ether oxygens (including phenoxy) is 1. The van der Waals surface area contributed by atoms with Crippen molar-refractivity contribution in [2.75, 3.05) is 7.11 Å². The topological polar surface area (TPSA) is 35.0 Å². The van der Waals surface area contributed by atoms with Crippen molar-refractivity contribution in [1.29, 1.82) is 0 Å². The van der Waals surface area contributed by atoms with Crippen LogP contribution in [0.25, 0.3) is 10.7 Å². The number of methoxy groups -OCH3 is 1. The third kappa shape index (κ3) is 2.27. The van der Waals surface area contributed by atoms with Crippen LogP contribution in [-0.2, 0) is 5.88 Å². The summed E-state index contributed by atoms with van der Waals surface area (Å²) in [4.78, 5) is 8.63. The van der Waals surface area contributed by atoms with Crippen LogP contribution >= 0.6 is 22.9 Å². The third-order valence-corrected chi connectivity index (χ3v) is 3.03. The molecule has 0 spiro atoms. The van der Waals surface area contributed by atoms with Crippen molar-refractivity contribution in [3.63, 3.8) is 0 Å². The van der Waals surface area contributed by atoms with Gasteiger partial charge in [-0.25, -0.2) is 9.97 Å². The van der Waals surface area contributed by atoms with Gasteiger partial charge in [0.05, 0.1) is 18.7 Å². The molecule has 0 unspecified atom stereocenters. The van der Waals surface area contributed by atoms with Crippen molar-refractivity contribution >= 4 is 22.9 Å². The van der Waals surface area contributed by atoms with Gasteiger partial charge in [0.25, 0.3) is 0 Å². The smallest absolute Gasteiger partial charge is 0.213 e. The molecule has 0 aliphatic rings. The zero-order valence-electron chi connectivity index (χ0n) is 8.11. The molecule has 0 fully saturated rings. The molecule has 0 radical (unpaired) electrons. The Balaban J connectivity index is 2.35. The molecule has 5 heteroatoms. The van der Waals surface area contributed by atoms with Crippen LogP contribution in [0.4, 0.5) is 0 Å². The Hall–Kier alpha value is -1.13. The minimum absolute atomic E-state index is 0.431. The second kappa shape index (κ2) is 4.59. The van der Waals surface area contributed by atoms with E-state index in [-0.39, 0.29) is 0 Å². The molecule has 0 bridgehead atoms. The quantitative estimate of drug-likeness (QED) is 0.774. The maximum absolute atomic E-state index is 5.69. The Morgan fingerprint density at radius 2 is 2.27 bits per heavy atom. The van der Waals surface area contributed by atoms with Crippen molar-refractivity contribution in [2.24, 2.45) is 0 Å². The maximum atomic E-state index is 5.69. The highest BCUT2D eigenvalue weighted by molar-refractivity contribution is 7.13. The van der Waals surface area contributed by atoms with Gasteiger partial charge in [-0.05, 0) is 6.07 Å². The van der Waals surface area contributed by atoms with Gasteiger partial charge in [0.1, 0.15) is 10.7 Å². The predicted octanol–water partition coefficient (Wildman–Crippen LogP) is 2.95. The zero-order chi connectivity index (χ0) is 10.7. The van der Waals surface area contributed by atoms with E-state index in [1.54, 1.807) is 13.2 Å². The van der Waals surface area contributed by atoms with Crippen molar-refractivity contribution < 1.29 is 4.74 Å². The van der Waals surface area contributed by atoms with E-state index < -0.39 is 0 Å². The van der Waals surface area contributed by atoms with E-state index in [0.717, 1.165) is 16.4 Å². The first-order valence-corrected chi connectivity index (χ1v) is 5.76. The second-order valence-electron chi connectivity index (χ2n) is 2.84. The molecule has 0 atom stereocenters. The summed E-state index contributed by atoms with van der Waals surface area (Å²) in [6.45, 7) is 0. The fourth-order valence-corrected chi connectivity index (χ4v) is 2.15. The first-order chi connectivity index (χ1) is 7.33. The molecule has 0 amide bonds. The molecule has 3 nitrogen and oxygen atoms in total. The third-order valence-electron chi connectivity index (χ3n) is 1.84. The van der Waals surface area contributed by atoms with Gasteiger partial charge >= 0.3 is 0 Å². The van der Waals surface area contributed by atoms with E-state index in [4.69, 9.17) is 16.3 Å². The van der Waals surface area contributed by atoms with Crippen LogP contribution in [0.3, 0.4) is 0 Å². The first kappa shape index (κ1) is 10.4. The summed E-state index contributed by atoms with van der Waals surface area (Å²) in [6.07, 6.45) is 0. The molecule has 2 heterocycles. The van der Waals surface area contributed by atoms with Gasteiger partial charge in [-0.3, -0.25) is 0 Å². The lowest BCUT2D eigenvalue weighted by molar-refractivity contribution is 0.398. The lowest BCUT2D eigenvalue weighted by Gasteiger charge is -1.99. The largest absolute Gasteiger partial charge is 0.481 e. The van der Waals surface area contributed by atoms with Crippen LogP contribution < -0.4 is 4.74 Å². The molecular weight excluding hydrogens is 232 g/mol. The van der Waals surface area contributed by atoms with Crippen LogP contribution in [-0.4, -0.2) is 17.1 Å². The molecule has 78 valence electrons. The summed E-state index contributed by atoms with van der Waals surface area (Å²) < 4.78 is 5.05. The van der Waals surface area contributed by atoms with Gasteiger partial charge in [0.15, 0.2) is 0 Å². The van der Waals surface area contributed by atoms with E-state index in [0.29, 0.717) is 11.8 Å². The molecule has 0 saturated carbocycles. The zero-order valence-corrected chi connectivity index (χ0v) is 9.68. The Morgan fingerprint density at radius 3 is 2.93 bits per heavy atom.